The molecule has 108 valence electrons. The minimum atomic E-state index is -0.719. The van der Waals surface area contributed by atoms with E-state index in [1.165, 1.54) is 23.1 Å². The van der Waals surface area contributed by atoms with Crippen LogP contribution in [0, 0.1) is 10.1 Å². The number of amides is 2. The Morgan fingerprint density at radius 1 is 1.40 bits per heavy atom. The molecule has 1 aromatic carbocycles. The lowest BCUT2D eigenvalue weighted by Crippen LogP contribution is -2.44. The first kappa shape index (κ1) is 16.1. The first-order valence-electron chi connectivity index (χ1n) is 5.70. The monoisotopic (exact) mass is 343 g/mol. The highest BCUT2D eigenvalue weighted by Gasteiger charge is 2.23. The molecule has 0 aliphatic rings. The molecule has 1 N–H and O–H groups in total. The summed E-state index contributed by atoms with van der Waals surface area (Å²) < 4.78 is 0.0898. The zero-order valence-electron chi connectivity index (χ0n) is 11.2. The van der Waals surface area contributed by atoms with Gasteiger partial charge in [0.2, 0.25) is 5.91 Å². The number of hydrogen-bond acceptors (Lipinski definition) is 4. The van der Waals surface area contributed by atoms with Crippen LogP contribution < -0.4 is 5.32 Å². The summed E-state index contributed by atoms with van der Waals surface area (Å²) >= 11 is 3.04. The van der Waals surface area contributed by atoms with Crippen LogP contribution in [-0.4, -0.2) is 41.8 Å². The topological polar surface area (TPSA) is 92.5 Å². The quantitative estimate of drug-likeness (QED) is 0.663. The number of rotatable bonds is 4. The molecule has 0 bridgehead atoms. The van der Waals surface area contributed by atoms with Crippen molar-refractivity contribution in [1.82, 2.24) is 10.2 Å². The third-order valence-electron chi connectivity index (χ3n) is 2.58. The number of carbonyl (C=O) groups is 2. The van der Waals surface area contributed by atoms with Gasteiger partial charge in [0.25, 0.3) is 11.6 Å². The van der Waals surface area contributed by atoms with Crippen molar-refractivity contribution >= 4 is 33.4 Å². The second-order valence-corrected chi connectivity index (χ2v) is 5.12. The van der Waals surface area contributed by atoms with E-state index in [1.54, 1.807) is 21.0 Å². The van der Waals surface area contributed by atoms with Gasteiger partial charge >= 0.3 is 0 Å². The van der Waals surface area contributed by atoms with Gasteiger partial charge in [-0.2, -0.15) is 0 Å². The smallest absolute Gasteiger partial charge is 0.284 e. The summed E-state index contributed by atoms with van der Waals surface area (Å²) in [6.07, 6.45) is 0. The van der Waals surface area contributed by atoms with Gasteiger partial charge in [0, 0.05) is 20.2 Å². The Balaban J connectivity index is 2.97. The number of halogens is 1. The second-order valence-electron chi connectivity index (χ2n) is 4.32. The maximum absolute atomic E-state index is 12.0. The standard InChI is InChI=1S/C12H14BrN3O4/c1-7(12(18)15(2)3)14-11(17)8-5-4-6-9(10(8)13)16(19)20/h4-7H,1-3H3,(H,14,17). The number of benzene rings is 1. The summed E-state index contributed by atoms with van der Waals surface area (Å²) in [7, 11) is 3.16. The van der Waals surface area contributed by atoms with Crippen molar-refractivity contribution < 1.29 is 14.5 Å². The number of hydrogen-bond donors (Lipinski definition) is 1. The first-order chi connectivity index (χ1) is 9.25. The van der Waals surface area contributed by atoms with E-state index in [1.807, 2.05) is 0 Å². The molecule has 20 heavy (non-hydrogen) atoms. The van der Waals surface area contributed by atoms with E-state index in [4.69, 9.17) is 0 Å². The molecule has 2 amide bonds. The molecular formula is C12H14BrN3O4. The second kappa shape index (κ2) is 6.47. The third kappa shape index (κ3) is 3.53. The molecular weight excluding hydrogens is 330 g/mol. The van der Waals surface area contributed by atoms with Gasteiger partial charge in [-0.15, -0.1) is 0 Å². The van der Waals surface area contributed by atoms with Gasteiger partial charge in [-0.25, -0.2) is 0 Å². The molecule has 0 saturated carbocycles. The van der Waals surface area contributed by atoms with E-state index in [-0.39, 0.29) is 21.6 Å². The largest absolute Gasteiger partial charge is 0.347 e. The molecule has 0 fully saturated rings. The van der Waals surface area contributed by atoms with Crippen molar-refractivity contribution in [3.05, 3.63) is 38.3 Å². The Hall–Kier alpha value is -1.96. The van der Waals surface area contributed by atoms with Crippen LogP contribution in [0.2, 0.25) is 0 Å². The van der Waals surface area contributed by atoms with Crippen LogP contribution in [0.5, 0.6) is 0 Å². The highest BCUT2D eigenvalue weighted by atomic mass is 79.9. The van der Waals surface area contributed by atoms with E-state index in [9.17, 15) is 19.7 Å². The van der Waals surface area contributed by atoms with Gasteiger partial charge in [0.1, 0.15) is 10.5 Å². The molecule has 0 radical (unpaired) electrons. The Morgan fingerprint density at radius 3 is 2.50 bits per heavy atom. The number of nitro groups is 1. The Kier molecular flexibility index (Phi) is 5.20. The van der Waals surface area contributed by atoms with Crippen LogP contribution in [0.3, 0.4) is 0 Å². The molecule has 0 saturated heterocycles. The molecule has 8 heteroatoms. The van der Waals surface area contributed by atoms with Gasteiger partial charge in [-0.1, -0.05) is 6.07 Å². The average Bonchev–Trinajstić information content (AvgIpc) is 2.37. The summed E-state index contributed by atoms with van der Waals surface area (Å²) in [5.41, 5.74) is -0.0955. The fourth-order valence-corrected chi connectivity index (χ4v) is 2.15. The van der Waals surface area contributed by atoms with E-state index in [0.29, 0.717) is 0 Å². The minimum absolute atomic E-state index is 0.0898. The lowest BCUT2D eigenvalue weighted by Gasteiger charge is -2.18. The number of carbonyl (C=O) groups excluding carboxylic acids is 2. The van der Waals surface area contributed by atoms with Crippen LogP contribution in [0.1, 0.15) is 17.3 Å². The van der Waals surface area contributed by atoms with Crippen molar-refractivity contribution in [1.29, 1.82) is 0 Å². The molecule has 0 aliphatic carbocycles. The van der Waals surface area contributed by atoms with E-state index < -0.39 is 16.9 Å². The maximum atomic E-state index is 12.0. The highest BCUT2D eigenvalue weighted by molar-refractivity contribution is 9.10. The Morgan fingerprint density at radius 2 is 2.00 bits per heavy atom. The fraction of sp³-hybridized carbons (Fsp3) is 0.333. The lowest BCUT2D eigenvalue weighted by molar-refractivity contribution is -0.385. The van der Waals surface area contributed by atoms with Crippen molar-refractivity contribution in [2.45, 2.75) is 13.0 Å². The highest BCUT2D eigenvalue weighted by Crippen LogP contribution is 2.28. The fourth-order valence-electron chi connectivity index (χ4n) is 1.56. The third-order valence-corrected chi connectivity index (χ3v) is 3.41. The van der Waals surface area contributed by atoms with Crippen molar-refractivity contribution in [2.75, 3.05) is 14.1 Å². The number of nitro benzene ring substituents is 1. The Bertz CT molecular complexity index is 560. The van der Waals surface area contributed by atoms with Crippen molar-refractivity contribution in [2.24, 2.45) is 0 Å². The molecule has 1 atom stereocenters. The number of likely N-dealkylation sites (N-methyl/N-ethyl adjacent to an activating group) is 1. The maximum Gasteiger partial charge on any atom is 0.284 e. The van der Waals surface area contributed by atoms with Gasteiger partial charge in [-0.3, -0.25) is 19.7 Å². The van der Waals surface area contributed by atoms with E-state index in [0.717, 1.165) is 0 Å². The van der Waals surface area contributed by atoms with Crippen LogP contribution in [0.25, 0.3) is 0 Å². The molecule has 1 unspecified atom stereocenters. The van der Waals surface area contributed by atoms with Crippen LogP contribution in [0.4, 0.5) is 5.69 Å². The molecule has 1 aromatic rings. The summed E-state index contributed by atoms with van der Waals surface area (Å²) in [4.78, 5) is 35.3. The zero-order valence-corrected chi connectivity index (χ0v) is 12.8. The average molecular weight is 344 g/mol. The van der Waals surface area contributed by atoms with Crippen molar-refractivity contribution in [3.63, 3.8) is 0 Å². The predicted octanol–water partition coefficient (Wildman–Crippen LogP) is 1.56. The molecule has 0 aliphatic heterocycles. The van der Waals surface area contributed by atoms with Crippen LogP contribution in [-0.2, 0) is 4.79 Å². The summed E-state index contributed by atoms with van der Waals surface area (Å²) in [5, 5.41) is 13.3. The normalized spacial score (nSPS) is 11.6. The van der Waals surface area contributed by atoms with Crippen LogP contribution >= 0.6 is 15.9 Å². The summed E-state index contributed by atoms with van der Waals surface area (Å²) in [6.45, 7) is 1.55. The zero-order chi connectivity index (χ0) is 15.4. The van der Waals surface area contributed by atoms with Gasteiger partial charge < -0.3 is 10.2 Å². The van der Waals surface area contributed by atoms with Crippen molar-refractivity contribution in [3.8, 4) is 0 Å². The van der Waals surface area contributed by atoms with Crippen LogP contribution in [0.15, 0.2) is 22.7 Å². The molecule has 0 heterocycles. The minimum Gasteiger partial charge on any atom is -0.347 e. The predicted molar refractivity (Wildman–Crippen MR) is 76.4 cm³/mol. The lowest BCUT2D eigenvalue weighted by atomic mass is 10.1. The SMILES string of the molecule is CC(NC(=O)c1cccc([N+](=O)[O-])c1Br)C(=O)N(C)C. The van der Waals surface area contributed by atoms with E-state index >= 15 is 0 Å². The van der Waals surface area contributed by atoms with Gasteiger partial charge in [0.05, 0.1) is 10.5 Å². The Labute approximate surface area is 124 Å². The van der Waals surface area contributed by atoms with E-state index in [2.05, 4.69) is 21.2 Å². The molecule has 0 spiro atoms. The molecule has 1 rings (SSSR count). The number of nitrogens with one attached hydrogen (secondary N) is 1. The number of nitrogens with zero attached hydrogens (tertiary/aromatic N) is 2. The molecule has 0 aromatic heterocycles. The van der Waals surface area contributed by atoms with Gasteiger partial charge in [-0.05, 0) is 28.9 Å². The molecule has 7 nitrogen and oxygen atoms in total. The summed E-state index contributed by atoms with van der Waals surface area (Å²) in [6, 6.07) is 3.42. The first-order valence-corrected chi connectivity index (χ1v) is 6.50. The van der Waals surface area contributed by atoms with Gasteiger partial charge in [0.15, 0.2) is 0 Å². The summed E-state index contributed by atoms with van der Waals surface area (Å²) in [5.74, 6) is -0.817.